The number of piperidine rings is 1. The van der Waals surface area contributed by atoms with Gasteiger partial charge in [-0.25, -0.2) is 0 Å². The quantitative estimate of drug-likeness (QED) is 0.821. The van der Waals surface area contributed by atoms with Crippen LogP contribution in [0.4, 0.5) is 5.69 Å². The van der Waals surface area contributed by atoms with Crippen molar-refractivity contribution in [3.8, 4) is 0 Å². The number of para-hydroxylation sites is 1. The summed E-state index contributed by atoms with van der Waals surface area (Å²) in [6.07, 6.45) is 10.4. The van der Waals surface area contributed by atoms with Gasteiger partial charge in [0.2, 0.25) is 0 Å². The maximum absolute atomic E-state index is 4.27. The van der Waals surface area contributed by atoms with Gasteiger partial charge in [0.1, 0.15) is 0 Å². The van der Waals surface area contributed by atoms with Crippen LogP contribution in [0.15, 0.2) is 48.8 Å². The number of nitrogens with one attached hydrogen (secondary N) is 2. The van der Waals surface area contributed by atoms with Crippen LogP contribution in [0.25, 0.3) is 0 Å². The van der Waals surface area contributed by atoms with Crippen molar-refractivity contribution >= 4 is 5.69 Å². The summed E-state index contributed by atoms with van der Waals surface area (Å²) in [6, 6.07) is 14.3. The number of likely N-dealkylation sites (tertiary alicyclic amines) is 1. The highest BCUT2D eigenvalue weighted by molar-refractivity contribution is 5.57. The van der Waals surface area contributed by atoms with Crippen molar-refractivity contribution in [2.24, 2.45) is 5.92 Å². The van der Waals surface area contributed by atoms with Gasteiger partial charge in [-0.05, 0) is 80.9 Å². The van der Waals surface area contributed by atoms with E-state index in [0.29, 0.717) is 12.1 Å². The zero-order valence-corrected chi connectivity index (χ0v) is 16.7. The average molecular weight is 377 g/mol. The van der Waals surface area contributed by atoms with Crippen LogP contribution in [0.3, 0.4) is 0 Å². The lowest BCUT2D eigenvalue weighted by atomic mass is 9.81. The van der Waals surface area contributed by atoms with Gasteiger partial charge >= 0.3 is 0 Å². The molecule has 2 fully saturated rings. The first-order chi connectivity index (χ1) is 13.9. The predicted molar refractivity (Wildman–Crippen MR) is 115 cm³/mol. The third-order valence-electron chi connectivity index (χ3n) is 7.20. The zero-order chi connectivity index (χ0) is 18.8. The molecule has 2 saturated heterocycles. The molecule has 2 N–H and O–H groups in total. The standard InChI is InChI=1S/C24H32N4/c1-2-6-24-21(5-1)22(17-26-24)18-9-13-28(14-10-18)15-11-20-7-8-23(27-20)19-4-3-12-25-16-19/h1-6,12,16,18,20,22-23,26-27H,7-11,13-15,17H2/t20-,22?,23+/m0/s1. The van der Waals surface area contributed by atoms with Gasteiger partial charge in [-0.2, -0.15) is 0 Å². The summed E-state index contributed by atoms with van der Waals surface area (Å²) in [7, 11) is 0. The predicted octanol–water partition coefficient (Wildman–Crippen LogP) is 4.19. The normalized spacial score (nSPS) is 28.2. The van der Waals surface area contributed by atoms with Crippen LogP contribution in [-0.2, 0) is 0 Å². The van der Waals surface area contributed by atoms with Gasteiger partial charge in [-0.3, -0.25) is 4.98 Å². The summed E-state index contributed by atoms with van der Waals surface area (Å²) in [4.78, 5) is 6.97. The number of rotatable bonds is 5. The van der Waals surface area contributed by atoms with Crippen molar-refractivity contribution in [1.29, 1.82) is 0 Å². The molecule has 3 atom stereocenters. The Labute approximate surface area is 168 Å². The Morgan fingerprint density at radius 2 is 1.89 bits per heavy atom. The summed E-state index contributed by atoms with van der Waals surface area (Å²) < 4.78 is 0. The second-order valence-electron chi connectivity index (χ2n) is 8.82. The molecule has 4 heteroatoms. The summed E-state index contributed by atoms with van der Waals surface area (Å²) in [6.45, 7) is 4.90. The van der Waals surface area contributed by atoms with E-state index in [4.69, 9.17) is 0 Å². The van der Waals surface area contributed by atoms with Gasteiger partial charge in [0, 0.05) is 42.6 Å². The third kappa shape index (κ3) is 3.81. The molecule has 0 amide bonds. The monoisotopic (exact) mass is 376 g/mol. The minimum Gasteiger partial charge on any atom is -0.384 e. The van der Waals surface area contributed by atoms with Gasteiger partial charge in [0.05, 0.1) is 0 Å². The number of hydrogen-bond acceptors (Lipinski definition) is 4. The lowest BCUT2D eigenvalue weighted by Gasteiger charge is -2.35. The molecule has 1 aromatic carbocycles. The van der Waals surface area contributed by atoms with Crippen molar-refractivity contribution in [1.82, 2.24) is 15.2 Å². The van der Waals surface area contributed by atoms with Crippen molar-refractivity contribution < 1.29 is 0 Å². The van der Waals surface area contributed by atoms with Crippen LogP contribution in [0.2, 0.25) is 0 Å². The molecule has 2 aromatic rings. The van der Waals surface area contributed by atoms with Crippen LogP contribution in [0.5, 0.6) is 0 Å². The maximum Gasteiger partial charge on any atom is 0.0376 e. The van der Waals surface area contributed by atoms with Gasteiger partial charge in [-0.15, -0.1) is 0 Å². The lowest BCUT2D eigenvalue weighted by Crippen LogP contribution is -2.38. The molecule has 1 unspecified atom stereocenters. The van der Waals surface area contributed by atoms with E-state index in [1.54, 1.807) is 5.56 Å². The van der Waals surface area contributed by atoms with Crippen molar-refractivity contribution in [3.05, 3.63) is 59.9 Å². The number of fused-ring (bicyclic) bond motifs is 1. The summed E-state index contributed by atoms with van der Waals surface area (Å²) in [5.74, 6) is 1.56. The molecule has 0 aliphatic carbocycles. The molecule has 148 valence electrons. The van der Waals surface area contributed by atoms with E-state index in [-0.39, 0.29) is 0 Å². The van der Waals surface area contributed by atoms with Crippen molar-refractivity contribution in [2.75, 3.05) is 31.5 Å². The van der Waals surface area contributed by atoms with E-state index in [9.17, 15) is 0 Å². The molecule has 5 rings (SSSR count). The van der Waals surface area contributed by atoms with Crippen LogP contribution < -0.4 is 10.6 Å². The second-order valence-corrected chi connectivity index (χ2v) is 8.82. The Morgan fingerprint density at radius 3 is 2.75 bits per heavy atom. The Kier molecular flexibility index (Phi) is 5.32. The smallest absolute Gasteiger partial charge is 0.0376 e. The van der Waals surface area contributed by atoms with E-state index < -0.39 is 0 Å². The molecular formula is C24H32N4. The second kappa shape index (κ2) is 8.22. The Bertz CT molecular complexity index is 769. The molecule has 4 nitrogen and oxygen atoms in total. The molecule has 4 heterocycles. The number of anilines is 1. The molecule has 3 aliphatic heterocycles. The van der Waals surface area contributed by atoms with Crippen molar-refractivity contribution in [2.45, 2.75) is 50.1 Å². The van der Waals surface area contributed by atoms with E-state index in [2.05, 4.69) is 50.8 Å². The maximum atomic E-state index is 4.27. The SMILES string of the molecule is c1cncc([C@H]2CC[C@@H](CCN3CCC(C4CNc5ccccc54)CC3)N2)c1. The summed E-state index contributed by atoms with van der Waals surface area (Å²) in [5.41, 5.74) is 4.26. The van der Waals surface area contributed by atoms with E-state index >= 15 is 0 Å². The number of pyridine rings is 1. The number of hydrogen-bond donors (Lipinski definition) is 2. The zero-order valence-electron chi connectivity index (χ0n) is 16.7. The Hall–Kier alpha value is -1.91. The molecule has 28 heavy (non-hydrogen) atoms. The topological polar surface area (TPSA) is 40.2 Å². The van der Waals surface area contributed by atoms with Crippen molar-refractivity contribution in [3.63, 3.8) is 0 Å². The lowest BCUT2D eigenvalue weighted by molar-refractivity contribution is 0.166. The molecular weight excluding hydrogens is 344 g/mol. The van der Waals surface area contributed by atoms with Gasteiger partial charge < -0.3 is 15.5 Å². The first kappa shape index (κ1) is 18.1. The van der Waals surface area contributed by atoms with Crippen LogP contribution >= 0.6 is 0 Å². The van der Waals surface area contributed by atoms with Crippen LogP contribution in [0.1, 0.15) is 55.2 Å². The third-order valence-corrected chi connectivity index (χ3v) is 7.20. The fraction of sp³-hybridized carbons (Fsp3) is 0.542. The Balaban J connectivity index is 1.07. The molecule has 0 saturated carbocycles. The van der Waals surface area contributed by atoms with Crippen LogP contribution in [0, 0.1) is 5.92 Å². The van der Waals surface area contributed by atoms with E-state index in [0.717, 1.165) is 18.4 Å². The number of aromatic nitrogens is 1. The molecule has 0 radical (unpaired) electrons. The van der Waals surface area contributed by atoms with Gasteiger partial charge in [0.15, 0.2) is 0 Å². The average Bonchev–Trinajstić information content (AvgIpc) is 3.41. The number of nitrogens with zero attached hydrogens (tertiary/aromatic N) is 2. The molecule has 0 bridgehead atoms. The minimum atomic E-state index is 0.499. The molecule has 3 aliphatic rings. The fourth-order valence-corrected chi connectivity index (χ4v) is 5.54. The highest BCUT2D eigenvalue weighted by Gasteiger charge is 2.32. The Morgan fingerprint density at radius 1 is 1.00 bits per heavy atom. The largest absolute Gasteiger partial charge is 0.384 e. The van der Waals surface area contributed by atoms with Crippen LogP contribution in [-0.4, -0.2) is 42.1 Å². The highest BCUT2D eigenvalue weighted by Crippen LogP contribution is 2.40. The summed E-state index contributed by atoms with van der Waals surface area (Å²) in [5, 5.41) is 7.45. The number of benzene rings is 1. The first-order valence-electron chi connectivity index (χ1n) is 11.1. The summed E-state index contributed by atoms with van der Waals surface area (Å²) >= 11 is 0. The first-order valence-corrected chi connectivity index (χ1v) is 11.1. The van der Waals surface area contributed by atoms with Gasteiger partial charge in [0.25, 0.3) is 0 Å². The van der Waals surface area contributed by atoms with E-state index in [1.165, 1.54) is 63.0 Å². The van der Waals surface area contributed by atoms with Gasteiger partial charge in [-0.1, -0.05) is 24.3 Å². The van der Waals surface area contributed by atoms with E-state index in [1.807, 2.05) is 18.5 Å². The highest BCUT2D eigenvalue weighted by atomic mass is 15.1. The molecule has 1 aromatic heterocycles. The minimum absolute atomic E-state index is 0.499. The molecule has 0 spiro atoms. The fourth-order valence-electron chi connectivity index (χ4n) is 5.54.